The topological polar surface area (TPSA) is 18.5 Å². The van der Waals surface area contributed by atoms with E-state index in [2.05, 4.69) is 31.2 Å². The number of hydrogen-bond donors (Lipinski definition) is 0. The van der Waals surface area contributed by atoms with Crippen molar-refractivity contribution < 1.29 is 22.6 Å². The minimum absolute atomic E-state index is 0.0162. The highest BCUT2D eigenvalue weighted by Gasteiger charge is 2.23. The summed E-state index contributed by atoms with van der Waals surface area (Å²) in [6.07, 6.45) is 6.56. The molecule has 0 N–H and O–H groups in total. The molecule has 0 bridgehead atoms. The monoisotopic (exact) mass is 482 g/mol. The second kappa shape index (κ2) is 11.7. The van der Waals surface area contributed by atoms with Gasteiger partial charge >= 0.3 is 0 Å². The first-order chi connectivity index (χ1) is 17.0. The maximum absolute atomic E-state index is 14.7. The molecule has 0 spiro atoms. The molecule has 0 aliphatic heterocycles. The Balaban J connectivity index is 1.33. The SMILES string of the molecule is CCCc1ccc(C2CCC(COc3ccc(-c4ccc(OCC)c(F)c4F)cc3F)CC2)cc1. The smallest absolute Gasteiger partial charge is 0.201 e. The van der Waals surface area contributed by atoms with Crippen molar-refractivity contribution in [3.05, 3.63) is 83.2 Å². The Hall–Kier alpha value is -2.95. The lowest BCUT2D eigenvalue weighted by molar-refractivity contribution is 0.194. The van der Waals surface area contributed by atoms with Crippen molar-refractivity contribution in [1.82, 2.24) is 0 Å². The first kappa shape index (κ1) is 25.2. The van der Waals surface area contributed by atoms with Gasteiger partial charge in [-0.1, -0.05) is 43.7 Å². The Morgan fingerprint density at radius 3 is 2.14 bits per heavy atom. The van der Waals surface area contributed by atoms with Crippen LogP contribution >= 0.6 is 0 Å². The van der Waals surface area contributed by atoms with Crippen LogP contribution < -0.4 is 9.47 Å². The fourth-order valence-electron chi connectivity index (χ4n) is 4.92. The molecular formula is C30H33F3O2. The molecule has 3 aromatic rings. The van der Waals surface area contributed by atoms with E-state index in [1.54, 1.807) is 13.0 Å². The Labute approximate surface area is 206 Å². The highest BCUT2D eigenvalue weighted by Crippen LogP contribution is 2.37. The molecular weight excluding hydrogens is 449 g/mol. The van der Waals surface area contributed by atoms with Crippen LogP contribution in [0, 0.1) is 23.4 Å². The molecule has 3 aromatic carbocycles. The first-order valence-corrected chi connectivity index (χ1v) is 12.6. The van der Waals surface area contributed by atoms with Gasteiger partial charge in [0.2, 0.25) is 5.82 Å². The molecule has 0 atom stereocenters. The summed E-state index contributed by atoms with van der Waals surface area (Å²) in [6.45, 7) is 4.56. The minimum atomic E-state index is -1.07. The van der Waals surface area contributed by atoms with Crippen LogP contribution in [0.5, 0.6) is 11.5 Å². The Bertz CT molecular complexity index is 1120. The highest BCUT2D eigenvalue weighted by atomic mass is 19.2. The van der Waals surface area contributed by atoms with Crippen molar-refractivity contribution in [3.63, 3.8) is 0 Å². The van der Waals surface area contributed by atoms with Crippen molar-refractivity contribution in [3.8, 4) is 22.6 Å². The van der Waals surface area contributed by atoms with Crippen LogP contribution in [0.25, 0.3) is 11.1 Å². The zero-order valence-electron chi connectivity index (χ0n) is 20.5. The lowest BCUT2D eigenvalue weighted by Crippen LogP contribution is -2.19. The maximum atomic E-state index is 14.7. The van der Waals surface area contributed by atoms with E-state index in [-0.39, 0.29) is 29.2 Å². The van der Waals surface area contributed by atoms with E-state index in [4.69, 9.17) is 9.47 Å². The molecule has 4 rings (SSSR count). The predicted molar refractivity (Wildman–Crippen MR) is 134 cm³/mol. The summed E-state index contributed by atoms with van der Waals surface area (Å²) in [7, 11) is 0. The summed E-state index contributed by atoms with van der Waals surface area (Å²) in [5.41, 5.74) is 3.03. The number of hydrogen-bond acceptors (Lipinski definition) is 2. The molecule has 0 saturated heterocycles. The van der Waals surface area contributed by atoms with Crippen LogP contribution in [0.1, 0.15) is 63.0 Å². The second-order valence-electron chi connectivity index (χ2n) is 9.34. The van der Waals surface area contributed by atoms with Gasteiger partial charge in [-0.05, 0) is 91.8 Å². The van der Waals surface area contributed by atoms with E-state index in [0.29, 0.717) is 18.4 Å². The largest absolute Gasteiger partial charge is 0.491 e. The third-order valence-electron chi connectivity index (χ3n) is 6.90. The van der Waals surface area contributed by atoms with Crippen molar-refractivity contribution in [2.45, 2.75) is 58.3 Å². The third-order valence-corrected chi connectivity index (χ3v) is 6.90. The van der Waals surface area contributed by atoms with Gasteiger partial charge in [-0.2, -0.15) is 4.39 Å². The molecule has 2 nitrogen and oxygen atoms in total. The molecule has 1 saturated carbocycles. The predicted octanol–water partition coefficient (Wildman–Crippen LogP) is 8.47. The highest BCUT2D eigenvalue weighted by molar-refractivity contribution is 5.66. The third kappa shape index (κ3) is 6.01. The number of halogens is 3. The normalized spacial score (nSPS) is 17.9. The van der Waals surface area contributed by atoms with Gasteiger partial charge in [0.15, 0.2) is 23.1 Å². The molecule has 5 heteroatoms. The molecule has 0 unspecified atom stereocenters. The van der Waals surface area contributed by atoms with Gasteiger partial charge in [0.25, 0.3) is 0 Å². The number of aryl methyl sites for hydroxylation is 1. The second-order valence-corrected chi connectivity index (χ2v) is 9.34. The van der Waals surface area contributed by atoms with Gasteiger partial charge in [0, 0.05) is 5.56 Å². The van der Waals surface area contributed by atoms with Gasteiger partial charge in [-0.25, -0.2) is 8.78 Å². The summed E-state index contributed by atoms with van der Waals surface area (Å²) >= 11 is 0. The van der Waals surface area contributed by atoms with Crippen molar-refractivity contribution in [2.24, 2.45) is 5.92 Å². The molecule has 0 heterocycles. The first-order valence-electron chi connectivity index (χ1n) is 12.6. The Morgan fingerprint density at radius 2 is 1.49 bits per heavy atom. The van der Waals surface area contributed by atoms with E-state index in [1.807, 2.05) is 0 Å². The van der Waals surface area contributed by atoms with Crippen LogP contribution in [-0.4, -0.2) is 13.2 Å². The van der Waals surface area contributed by atoms with E-state index in [9.17, 15) is 13.2 Å². The summed E-state index contributed by atoms with van der Waals surface area (Å²) in [4.78, 5) is 0. The van der Waals surface area contributed by atoms with Gasteiger partial charge < -0.3 is 9.47 Å². The van der Waals surface area contributed by atoms with Gasteiger partial charge in [-0.15, -0.1) is 0 Å². The number of rotatable bonds is 9. The average Bonchev–Trinajstić information content (AvgIpc) is 2.87. The van der Waals surface area contributed by atoms with Crippen LogP contribution in [0.2, 0.25) is 0 Å². The summed E-state index contributed by atoms with van der Waals surface area (Å²) < 4.78 is 54.3. The molecule has 186 valence electrons. The van der Waals surface area contributed by atoms with Crippen molar-refractivity contribution in [1.29, 1.82) is 0 Å². The summed E-state index contributed by atoms with van der Waals surface area (Å²) in [6, 6.07) is 16.0. The fourth-order valence-corrected chi connectivity index (χ4v) is 4.92. The quantitative estimate of drug-likeness (QED) is 0.304. The Kier molecular flexibility index (Phi) is 8.37. The summed E-state index contributed by atoms with van der Waals surface area (Å²) in [5, 5.41) is 0. The van der Waals surface area contributed by atoms with E-state index in [1.165, 1.54) is 35.4 Å². The van der Waals surface area contributed by atoms with Crippen LogP contribution in [-0.2, 0) is 6.42 Å². The summed E-state index contributed by atoms with van der Waals surface area (Å²) in [5.74, 6) is -1.79. The molecule has 0 aromatic heterocycles. The lowest BCUT2D eigenvalue weighted by Gasteiger charge is -2.29. The minimum Gasteiger partial charge on any atom is -0.491 e. The van der Waals surface area contributed by atoms with Crippen molar-refractivity contribution in [2.75, 3.05) is 13.2 Å². The van der Waals surface area contributed by atoms with E-state index >= 15 is 0 Å². The van der Waals surface area contributed by atoms with Crippen LogP contribution in [0.4, 0.5) is 13.2 Å². The zero-order chi connectivity index (χ0) is 24.8. The van der Waals surface area contributed by atoms with Gasteiger partial charge in [0.05, 0.1) is 13.2 Å². The molecule has 0 amide bonds. The van der Waals surface area contributed by atoms with Crippen LogP contribution in [0.15, 0.2) is 54.6 Å². The molecule has 35 heavy (non-hydrogen) atoms. The average molecular weight is 483 g/mol. The Morgan fingerprint density at radius 1 is 0.771 bits per heavy atom. The zero-order valence-corrected chi connectivity index (χ0v) is 20.5. The maximum Gasteiger partial charge on any atom is 0.201 e. The lowest BCUT2D eigenvalue weighted by atomic mass is 9.79. The number of benzene rings is 3. The van der Waals surface area contributed by atoms with E-state index < -0.39 is 17.5 Å². The van der Waals surface area contributed by atoms with Gasteiger partial charge in [0.1, 0.15) is 0 Å². The van der Waals surface area contributed by atoms with E-state index in [0.717, 1.165) is 38.5 Å². The molecule has 1 fully saturated rings. The standard InChI is InChI=1S/C30H33F3O2/c1-3-5-20-6-10-22(11-7-20)23-12-8-21(9-13-23)19-35-27-16-14-24(18-26(27)31)25-15-17-28(34-4-2)30(33)29(25)32/h6-7,10-11,14-18,21,23H,3-5,8-9,12-13,19H2,1-2H3. The number of ether oxygens (including phenoxy) is 2. The molecule has 1 aliphatic carbocycles. The molecule has 0 radical (unpaired) electrons. The van der Waals surface area contributed by atoms with Crippen molar-refractivity contribution >= 4 is 0 Å². The van der Waals surface area contributed by atoms with Crippen LogP contribution in [0.3, 0.4) is 0 Å². The molecule has 1 aliphatic rings. The van der Waals surface area contributed by atoms with Gasteiger partial charge in [-0.3, -0.25) is 0 Å². The fraction of sp³-hybridized carbons (Fsp3) is 0.400.